The molecule has 0 amide bonds. The van der Waals surface area contributed by atoms with Crippen molar-refractivity contribution in [2.24, 2.45) is 5.73 Å². The van der Waals surface area contributed by atoms with E-state index in [0.29, 0.717) is 19.6 Å². The zero-order chi connectivity index (χ0) is 11.8. The van der Waals surface area contributed by atoms with Crippen molar-refractivity contribution in [1.82, 2.24) is 4.31 Å². The SMILES string of the molecule is CSC1(CN)CCN(S(=O)(=O)C2CC2)CC1. The number of piperidine rings is 1. The molecule has 2 N–H and O–H groups in total. The summed E-state index contributed by atoms with van der Waals surface area (Å²) in [6.07, 6.45) is 5.54. The fraction of sp³-hybridized carbons (Fsp3) is 1.00. The molecular weight excluding hydrogens is 244 g/mol. The lowest BCUT2D eigenvalue weighted by Gasteiger charge is -2.39. The van der Waals surface area contributed by atoms with Gasteiger partial charge in [-0.25, -0.2) is 12.7 Å². The van der Waals surface area contributed by atoms with Crippen LogP contribution in [0.4, 0.5) is 0 Å². The molecule has 94 valence electrons. The van der Waals surface area contributed by atoms with E-state index in [4.69, 9.17) is 5.73 Å². The maximum absolute atomic E-state index is 12.0. The van der Waals surface area contributed by atoms with Crippen LogP contribution in [-0.4, -0.2) is 48.6 Å². The first-order valence-corrected chi connectivity index (χ1v) is 8.51. The van der Waals surface area contributed by atoms with Gasteiger partial charge in [0.15, 0.2) is 0 Å². The molecule has 0 aromatic carbocycles. The fourth-order valence-corrected chi connectivity index (χ4v) is 4.82. The number of hydrogen-bond acceptors (Lipinski definition) is 4. The molecule has 6 heteroatoms. The van der Waals surface area contributed by atoms with Crippen molar-refractivity contribution in [2.75, 3.05) is 25.9 Å². The molecule has 1 saturated heterocycles. The zero-order valence-corrected chi connectivity index (χ0v) is 11.3. The molecule has 2 fully saturated rings. The molecule has 16 heavy (non-hydrogen) atoms. The molecule has 4 nitrogen and oxygen atoms in total. The summed E-state index contributed by atoms with van der Waals surface area (Å²) >= 11 is 1.78. The molecule has 0 atom stereocenters. The van der Waals surface area contributed by atoms with E-state index in [0.717, 1.165) is 25.7 Å². The highest BCUT2D eigenvalue weighted by atomic mass is 32.2. The summed E-state index contributed by atoms with van der Waals surface area (Å²) in [6, 6.07) is 0. The first-order valence-electron chi connectivity index (χ1n) is 5.78. The van der Waals surface area contributed by atoms with E-state index in [1.807, 2.05) is 0 Å². The van der Waals surface area contributed by atoms with Crippen LogP contribution in [-0.2, 0) is 10.0 Å². The van der Waals surface area contributed by atoms with Crippen molar-refractivity contribution in [2.45, 2.75) is 35.7 Å². The lowest BCUT2D eigenvalue weighted by Crippen LogP contribution is -2.49. The molecule has 0 aromatic heterocycles. The Bertz CT molecular complexity index is 338. The van der Waals surface area contributed by atoms with E-state index in [-0.39, 0.29) is 10.00 Å². The lowest BCUT2D eigenvalue weighted by molar-refractivity contribution is 0.301. The molecule has 2 aliphatic rings. The number of hydrogen-bond donors (Lipinski definition) is 1. The van der Waals surface area contributed by atoms with Crippen LogP contribution in [0.2, 0.25) is 0 Å². The minimum absolute atomic E-state index is 0.0767. The van der Waals surface area contributed by atoms with Crippen molar-refractivity contribution >= 4 is 21.8 Å². The van der Waals surface area contributed by atoms with E-state index in [1.54, 1.807) is 16.1 Å². The zero-order valence-electron chi connectivity index (χ0n) is 9.68. The average Bonchev–Trinajstić information content (AvgIpc) is 3.13. The third kappa shape index (κ3) is 2.25. The minimum atomic E-state index is -2.97. The topological polar surface area (TPSA) is 63.4 Å². The summed E-state index contributed by atoms with van der Waals surface area (Å²) in [4.78, 5) is 0. The van der Waals surface area contributed by atoms with Crippen LogP contribution in [0.25, 0.3) is 0 Å². The second kappa shape index (κ2) is 4.48. The van der Waals surface area contributed by atoms with Gasteiger partial charge in [-0.1, -0.05) is 0 Å². The number of nitrogens with zero attached hydrogens (tertiary/aromatic N) is 1. The van der Waals surface area contributed by atoms with Gasteiger partial charge in [0.05, 0.1) is 5.25 Å². The number of sulfonamides is 1. The highest BCUT2D eigenvalue weighted by Crippen LogP contribution is 2.37. The third-order valence-electron chi connectivity index (χ3n) is 3.74. The number of thioether (sulfide) groups is 1. The lowest BCUT2D eigenvalue weighted by atomic mass is 9.97. The quantitative estimate of drug-likeness (QED) is 0.809. The second-order valence-corrected chi connectivity index (χ2v) is 8.22. The third-order valence-corrected chi connectivity index (χ3v) is 7.58. The Morgan fingerprint density at radius 2 is 1.94 bits per heavy atom. The average molecular weight is 264 g/mol. The van der Waals surface area contributed by atoms with Gasteiger partial charge in [0.25, 0.3) is 0 Å². The summed E-state index contributed by atoms with van der Waals surface area (Å²) < 4.78 is 25.8. The highest BCUT2D eigenvalue weighted by Gasteiger charge is 2.43. The largest absolute Gasteiger partial charge is 0.329 e. The Kier molecular flexibility index (Phi) is 3.55. The van der Waals surface area contributed by atoms with E-state index in [1.165, 1.54) is 0 Å². The van der Waals surface area contributed by atoms with E-state index in [9.17, 15) is 8.42 Å². The van der Waals surface area contributed by atoms with Gasteiger partial charge in [-0.15, -0.1) is 0 Å². The Labute approximate surface area is 102 Å². The van der Waals surface area contributed by atoms with Crippen molar-refractivity contribution in [3.8, 4) is 0 Å². The summed E-state index contributed by atoms with van der Waals surface area (Å²) in [5, 5.41) is -0.0767. The van der Waals surface area contributed by atoms with Gasteiger partial charge >= 0.3 is 0 Å². The maximum Gasteiger partial charge on any atom is 0.216 e. The fourth-order valence-electron chi connectivity index (χ4n) is 2.22. The van der Waals surface area contributed by atoms with Crippen LogP contribution >= 0.6 is 11.8 Å². The van der Waals surface area contributed by atoms with Gasteiger partial charge in [-0.3, -0.25) is 0 Å². The molecule has 0 bridgehead atoms. The molecule has 2 rings (SSSR count). The van der Waals surface area contributed by atoms with Crippen molar-refractivity contribution < 1.29 is 8.42 Å². The van der Waals surface area contributed by atoms with Crippen LogP contribution in [0.15, 0.2) is 0 Å². The molecule has 0 unspecified atom stereocenters. The van der Waals surface area contributed by atoms with Crippen molar-refractivity contribution in [3.05, 3.63) is 0 Å². The molecule has 1 heterocycles. The van der Waals surface area contributed by atoms with E-state index >= 15 is 0 Å². The Balaban J connectivity index is 1.99. The molecule has 1 aliphatic carbocycles. The smallest absolute Gasteiger partial charge is 0.216 e. The van der Waals surface area contributed by atoms with Crippen LogP contribution in [0.5, 0.6) is 0 Å². The van der Waals surface area contributed by atoms with E-state index < -0.39 is 10.0 Å². The molecule has 1 saturated carbocycles. The normalized spacial score (nSPS) is 26.9. The van der Waals surface area contributed by atoms with Crippen LogP contribution in [0.3, 0.4) is 0 Å². The van der Waals surface area contributed by atoms with Crippen molar-refractivity contribution in [1.29, 1.82) is 0 Å². The monoisotopic (exact) mass is 264 g/mol. The predicted molar refractivity (Wildman–Crippen MR) is 68.0 cm³/mol. The molecule has 1 aliphatic heterocycles. The van der Waals surface area contributed by atoms with Crippen LogP contribution < -0.4 is 5.73 Å². The summed E-state index contributed by atoms with van der Waals surface area (Å²) in [5.74, 6) is 0. The molecule has 0 spiro atoms. The van der Waals surface area contributed by atoms with Crippen molar-refractivity contribution in [3.63, 3.8) is 0 Å². The summed E-state index contributed by atoms with van der Waals surface area (Å²) in [6.45, 7) is 1.94. The number of nitrogens with two attached hydrogens (primary N) is 1. The minimum Gasteiger partial charge on any atom is -0.329 e. The standard InChI is InChI=1S/C10H20N2O2S2/c1-15-10(8-11)4-6-12(7-5-10)16(13,14)9-2-3-9/h9H,2-8,11H2,1H3. The van der Waals surface area contributed by atoms with Gasteiger partial charge in [0.2, 0.25) is 10.0 Å². The Morgan fingerprint density at radius 3 is 2.31 bits per heavy atom. The first kappa shape index (κ1) is 12.7. The van der Waals surface area contributed by atoms with Crippen LogP contribution in [0.1, 0.15) is 25.7 Å². The molecule has 0 radical (unpaired) electrons. The highest BCUT2D eigenvalue weighted by molar-refractivity contribution is 8.00. The van der Waals surface area contributed by atoms with E-state index in [2.05, 4.69) is 6.26 Å². The second-order valence-electron chi connectivity index (χ2n) is 4.73. The molecular formula is C10H20N2O2S2. The number of rotatable bonds is 4. The van der Waals surface area contributed by atoms with Gasteiger partial charge in [-0.05, 0) is 31.9 Å². The van der Waals surface area contributed by atoms with Gasteiger partial charge < -0.3 is 5.73 Å². The van der Waals surface area contributed by atoms with Gasteiger partial charge in [-0.2, -0.15) is 11.8 Å². The predicted octanol–water partition coefficient (Wildman–Crippen LogP) is 0.635. The van der Waals surface area contributed by atoms with Gasteiger partial charge in [0.1, 0.15) is 0 Å². The molecule has 0 aromatic rings. The summed E-state index contributed by atoms with van der Waals surface area (Å²) in [5.41, 5.74) is 5.79. The van der Waals surface area contributed by atoms with Gasteiger partial charge in [0, 0.05) is 24.4 Å². The first-order chi connectivity index (χ1) is 7.54. The maximum atomic E-state index is 12.0. The summed E-state index contributed by atoms with van der Waals surface area (Å²) in [7, 11) is -2.97. The Hall–Kier alpha value is 0.220. The van der Waals surface area contributed by atoms with Crippen LogP contribution in [0, 0.1) is 0 Å². The Morgan fingerprint density at radius 1 is 1.38 bits per heavy atom.